The third-order valence-electron chi connectivity index (χ3n) is 6.73. The van der Waals surface area contributed by atoms with Crippen LogP contribution in [0.2, 0.25) is 0 Å². The maximum absolute atomic E-state index is 14.2. The Hall–Kier alpha value is -3.13. The van der Waals surface area contributed by atoms with Crippen LogP contribution in [0, 0.1) is 5.92 Å². The Balaban J connectivity index is 1.89. The van der Waals surface area contributed by atoms with Gasteiger partial charge in [-0.25, -0.2) is 19.7 Å². The summed E-state index contributed by atoms with van der Waals surface area (Å²) in [7, 11) is 0. The summed E-state index contributed by atoms with van der Waals surface area (Å²) < 4.78 is 0. The average molecular weight is 493 g/mol. The van der Waals surface area contributed by atoms with Crippen LogP contribution in [0.25, 0.3) is 0 Å². The van der Waals surface area contributed by atoms with Gasteiger partial charge in [0.05, 0.1) is 6.04 Å². The summed E-state index contributed by atoms with van der Waals surface area (Å²) in [5, 5.41) is 13.2. The molecule has 1 amide bonds. The first kappa shape index (κ1) is 25.0. The first-order valence-corrected chi connectivity index (χ1v) is 12.8. The smallest absolute Gasteiger partial charge is 0.329 e. The van der Waals surface area contributed by atoms with Gasteiger partial charge in [0.15, 0.2) is 0 Å². The van der Waals surface area contributed by atoms with E-state index in [1.165, 1.54) is 17.7 Å². The van der Waals surface area contributed by atoms with E-state index in [1.807, 2.05) is 43.5 Å². The van der Waals surface area contributed by atoms with E-state index in [1.54, 1.807) is 23.4 Å². The maximum atomic E-state index is 14.2. The molecule has 0 saturated carbocycles. The molecule has 1 N–H and O–H groups in total. The largest absolute Gasteiger partial charge is 0.479 e. The number of thiazole rings is 1. The molecule has 1 aliphatic heterocycles. The summed E-state index contributed by atoms with van der Waals surface area (Å²) in [5.41, 5.74) is 0.849. The summed E-state index contributed by atoms with van der Waals surface area (Å²) in [4.78, 5) is 41.9. The lowest BCUT2D eigenvalue weighted by atomic mass is 9.82. The number of aliphatic carboxylic acids is 1. The molecule has 1 aliphatic rings. The molecular formula is C27H32N4O3S. The lowest BCUT2D eigenvalue weighted by Crippen LogP contribution is -2.54. The molecule has 3 heterocycles. The van der Waals surface area contributed by atoms with E-state index in [9.17, 15) is 14.7 Å². The lowest BCUT2D eigenvalue weighted by molar-refractivity contribution is -0.150. The standard InChI is InChI=1S/C27H32N4O3S/c1-17(2)14-27(25(33)34)15-20(21-10-11-28-16-30-21)22(23-29-12-13-35-23)31(27)24(32)18-6-8-19(9-7-18)26(3,4)5/h6-13,16-17,20,22H,14-15H2,1-5H3,(H,33,34)/t20-,22-,27+/m1/s1. The minimum absolute atomic E-state index is 0.0563. The number of hydrogen-bond donors (Lipinski definition) is 1. The van der Waals surface area contributed by atoms with Crippen LogP contribution in [-0.2, 0) is 10.2 Å². The van der Waals surface area contributed by atoms with Gasteiger partial charge in [-0.15, -0.1) is 11.3 Å². The van der Waals surface area contributed by atoms with Crippen LogP contribution in [0.15, 0.2) is 54.4 Å². The van der Waals surface area contributed by atoms with Crippen molar-refractivity contribution in [2.45, 2.75) is 70.4 Å². The highest BCUT2D eigenvalue weighted by Gasteiger charge is 2.60. The fraction of sp³-hybridized carbons (Fsp3) is 0.444. The van der Waals surface area contributed by atoms with Gasteiger partial charge in [0.25, 0.3) is 5.91 Å². The molecule has 1 aromatic carbocycles. The van der Waals surface area contributed by atoms with E-state index in [0.717, 1.165) is 5.56 Å². The molecule has 4 rings (SSSR count). The number of aromatic nitrogens is 3. The highest BCUT2D eigenvalue weighted by atomic mass is 32.1. The van der Waals surface area contributed by atoms with Crippen molar-refractivity contribution in [2.75, 3.05) is 0 Å². The zero-order chi connectivity index (χ0) is 25.4. The highest BCUT2D eigenvalue weighted by molar-refractivity contribution is 7.09. The van der Waals surface area contributed by atoms with Gasteiger partial charge in [-0.3, -0.25) is 4.79 Å². The van der Waals surface area contributed by atoms with Crippen molar-refractivity contribution in [1.29, 1.82) is 0 Å². The number of carboxylic acid groups (broad SMARTS) is 1. The van der Waals surface area contributed by atoms with E-state index < -0.39 is 17.6 Å². The van der Waals surface area contributed by atoms with Crippen LogP contribution in [0.4, 0.5) is 0 Å². The molecule has 2 aromatic heterocycles. The van der Waals surface area contributed by atoms with Crippen molar-refractivity contribution >= 4 is 23.2 Å². The molecule has 0 spiro atoms. The first-order chi connectivity index (χ1) is 16.5. The molecule has 1 saturated heterocycles. The lowest BCUT2D eigenvalue weighted by Gasteiger charge is -2.38. The van der Waals surface area contributed by atoms with Crippen molar-refractivity contribution in [2.24, 2.45) is 5.92 Å². The second kappa shape index (κ2) is 9.49. The Labute approximate surface area is 210 Å². The van der Waals surface area contributed by atoms with Gasteiger partial charge in [-0.05, 0) is 47.9 Å². The number of benzene rings is 1. The molecule has 7 nitrogen and oxygen atoms in total. The number of amides is 1. The number of rotatable bonds is 6. The zero-order valence-electron chi connectivity index (χ0n) is 20.8. The number of carboxylic acids is 1. The minimum atomic E-state index is -1.39. The molecule has 0 aliphatic carbocycles. The quantitative estimate of drug-likeness (QED) is 0.490. The average Bonchev–Trinajstić information content (AvgIpc) is 3.45. The van der Waals surface area contributed by atoms with Gasteiger partial charge < -0.3 is 10.0 Å². The Bertz CT molecular complexity index is 1170. The molecule has 1 fully saturated rings. The summed E-state index contributed by atoms with van der Waals surface area (Å²) >= 11 is 1.43. The van der Waals surface area contributed by atoms with Gasteiger partial charge >= 0.3 is 5.97 Å². The Morgan fingerprint density at radius 3 is 2.37 bits per heavy atom. The zero-order valence-corrected chi connectivity index (χ0v) is 21.6. The predicted octanol–water partition coefficient (Wildman–Crippen LogP) is 5.47. The molecule has 8 heteroatoms. The van der Waals surface area contributed by atoms with E-state index in [2.05, 4.69) is 35.7 Å². The van der Waals surface area contributed by atoms with Gasteiger partial charge in [0, 0.05) is 34.9 Å². The number of hydrogen-bond acceptors (Lipinski definition) is 6. The predicted molar refractivity (Wildman–Crippen MR) is 135 cm³/mol. The number of carbonyl (C=O) groups excluding carboxylic acids is 1. The molecule has 3 atom stereocenters. The third-order valence-corrected chi connectivity index (χ3v) is 7.57. The number of carbonyl (C=O) groups is 2. The van der Waals surface area contributed by atoms with E-state index in [0.29, 0.717) is 22.7 Å². The summed E-state index contributed by atoms with van der Waals surface area (Å²) in [6.45, 7) is 10.3. The molecular weight excluding hydrogens is 460 g/mol. The third kappa shape index (κ3) is 4.72. The first-order valence-electron chi connectivity index (χ1n) is 11.9. The molecule has 0 bridgehead atoms. The van der Waals surface area contributed by atoms with Gasteiger partial charge in [0.2, 0.25) is 0 Å². The van der Waals surface area contributed by atoms with Crippen molar-refractivity contribution < 1.29 is 14.7 Å². The van der Waals surface area contributed by atoms with Gasteiger partial charge in [-0.2, -0.15) is 0 Å². The number of nitrogens with zero attached hydrogens (tertiary/aromatic N) is 4. The van der Waals surface area contributed by atoms with Crippen molar-refractivity contribution in [3.05, 3.63) is 76.3 Å². The second-order valence-electron chi connectivity index (χ2n) is 10.7. The molecule has 184 valence electrons. The maximum Gasteiger partial charge on any atom is 0.329 e. The SMILES string of the molecule is CC(C)C[C@@]1(C(=O)O)C[C@H](c2ccncn2)[C@H](c2nccs2)N1C(=O)c1ccc(C(C)(C)C)cc1. The summed E-state index contributed by atoms with van der Waals surface area (Å²) in [5.74, 6) is -1.56. The van der Waals surface area contributed by atoms with Crippen molar-refractivity contribution in [1.82, 2.24) is 19.9 Å². The van der Waals surface area contributed by atoms with Crippen LogP contribution in [0.3, 0.4) is 0 Å². The van der Waals surface area contributed by atoms with E-state index in [-0.39, 0.29) is 29.6 Å². The second-order valence-corrected chi connectivity index (χ2v) is 11.6. The Kier molecular flexibility index (Phi) is 6.77. The Morgan fingerprint density at radius 2 is 1.86 bits per heavy atom. The van der Waals surface area contributed by atoms with Crippen LogP contribution in [0.1, 0.15) is 86.0 Å². The molecule has 35 heavy (non-hydrogen) atoms. The van der Waals surface area contributed by atoms with Crippen molar-refractivity contribution in [3.8, 4) is 0 Å². The normalized spacial score (nSPS) is 22.5. The van der Waals surface area contributed by atoms with Gasteiger partial charge in [-0.1, -0.05) is 46.8 Å². The Morgan fingerprint density at radius 1 is 1.14 bits per heavy atom. The van der Waals surface area contributed by atoms with Crippen LogP contribution < -0.4 is 0 Å². The summed E-state index contributed by atoms with van der Waals surface area (Å²) in [6, 6.07) is 8.78. The van der Waals surface area contributed by atoms with E-state index in [4.69, 9.17) is 0 Å². The van der Waals surface area contributed by atoms with Crippen molar-refractivity contribution in [3.63, 3.8) is 0 Å². The highest BCUT2D eigenvalue weighted by Crippen LogP contribution is 2.54. The molecule has 3 aromatic rings. The van der Waals surface area contributed by atoms with E-state index >= 15 is 0 Å². The number of likely N-dealkylation sites (tertiary alicyclic amines) is 1. The van der Waals surface area contributed by atoms with Crippen LogP contribution >= 0.6 is 11.3 Å². The fourth-order valence-corrected chi connectivity index (χ4v) is 5.97. The molecule has 0 unspecified atom stereocenters. The monoisotopic (exact) mass is 492 g/mol. The topological polar surface area (TPSA) is 96.3 Å². The fourth-order valence-electron chi connectivity index (χ4n) is 5.18. The van der Waals surface area contributed by atoms with Crippen LogP contribution in [-0.4, -0.2) is 42.4 Å². The minimum Gasteiger partial charge on any atom is -0.479 e. The van der Waals surface area contributed by atoms with Gasteiger partial charge in [0.1, 0.15) is 16.9 Å². The summed E-state index contributed by atoms with van der Waals surface area (Å²) in [6.07, 6.45) is 5.41. The van der Waals surface area contributed by atoms with Crippen LogP contribution in [0.5, 0.6) is 0 Å². The molecule has 0 radical (unpaired) electrons.